The number of hydrogen-bond donors (Lipinski definition) is 0. The smallest absolute Gasteiger partial charge is 0.338 e. The Morgan fingerprint density at radius 2 is 1.67 bits per heavy atom. The summed E-state index contributed by atoms with van der Waals surface area (Å²) in [5.74, 6) is -0.382. The van der Waals surface area contributed by atoms with E-state index < -0.39 is 11.9 Å². The molecule has 0 aliphatic heterocycles. The Labute approximate surface area is 144 Å². The first-order chi connectivity index (χ1) is 11.4. The van der Waals surface area contributed by atoms with E-state index in [1.54, 1.807) is 0 Å². The van der Waals surface area contributed by atoms with Crippen LogP contribution in [-0.2, 0) is 16.1 Å². The minimum absolute atomic E-state index is 0.220. The van der Waals surface area contributed by atoms with Crippen LogP contribution in [0.25, 0.3) is 0 Å². The fraction of sp³-hybridized carbons (Fsp3) is 0.353. The number of ether oxygens (including phenoxy) is 3. The van der Waals surface area contributed by atoms with Gasteiger partial charge in [-0.2, -0.15) is 0 Å². The summed E-state index contributed by atoms with van der Waals surface area (Å²) in [5.41, 5.74) is 1.45. The number of nitrogens with zero attached hydrogens (tertiary/aromatic N) is 1. The van der Waals surface area contributed by atoms with Crippen molar-refractivity contribution < 1.29 is 23.8 Å². The van der Waals surface area contributed by atoms with Crippen molar-refractivity contribution in [2.45, 2.75) is 26.4 Å². The molecule has 6 nitrogen and oxygen atoms in total. The van der Waals surface area contributed by atoms with Crippen LogP contribution in [0, 0.1) is 0 Å². The van der Waals surface area contributed by atoms with Crippen molar-refractivity contribution in [3.63, 3.8) is 0 Å². The Kier molecular flexibility index (Phi) is 5.92. The first-order valence-electron chi connectivity index (χ1n) is 7.33. The monoisotopic (exact) mass is 349 g/mol. The number of carbonyl (C=O) groups is 2. The van der Waals surface area contributed by atoms with Crippen molar-refractivity contribution >= 4 is 23.3 Å². The molecule has 24 heavy (non-hydrogen) atoms. The number of rotatable bonds is 6. The van der Waals surface area contributed by atoms with Crippen molar-refractivity contribution in [1.82, 2.24) is 4.98 Å². The van der Waals surface area contributed by atoms with E-state index in [1.807, 2.05) is 5.38 Å². The van der Waals surface area contributed by atoms with Crippen molar-refractivity contribution in [1.29, 1.82) is 0 Å². The van der Waals surface area contributed by atoms with Crippen LogP contribution in [0.15, 0.2) is 23.6 Å². The van der Waals surface area contributed by atoms with Crippen molar-refractivity contribution in [3.8, 4) is 5.75 Å². The number of thiazole rings is 1. The Balaban J connectivity index is 2.21. The predicted octanol–water partition coefficient (Wildman–Crippen LogP) is 3.42. The van der Waals surface area contributed by atoms with Gasteiger partial charge in [-0.3, -0.25) is 0 Å². The molecular weight excluding hydrogens is 330 g/mol. The Bertz CT molecular complexity index is 704. The maximum atomic E-state index is 11.7. The molecule has 0 radical (unpaired) electrons. The molecule has 0 saturated heterocycles. The van der Waals surface area contributed by atoms with Gasteiger partial charge in [0.15, 0.2) is 0 Å². The van der Waals surface area contributed by atoms with Gasteiger partial charge < -0.3 is 14.2 Å². The molecule has 0 saturated carbocycles. The highest BCUT2D eigenvalue weighted by Gasteiger charge is 2.15. The van der Waals surface area contributed by atoms with Gasteiger partial charge in [-0.15, -0.1) is 11.3 Å². The van der Waals surface area contributed by atoms with Gasteiger partial charge in [-0.05, 0) is 24.1 Å². The molecule has 0 atom stereocenters. The molecule has 0 bridgehead atoms. The summed E-state index contributed by atoms with van der Waals surface area (Å²) in [7, 11) is 2.55. The summed E-state index contributed by atoms with van der Waals surface area (Å²) in [6, 6.07) is 4.45. The Morgan fingerprint density at radius 3 is 2.12 bits per heavy atom. The molecule has 7 heteroatoms. The van der Waals surface area contributed by atoms with Crippen molar-refractivity contribution in [3.05, 3.63) is 45.4 Å². The maximum absolute atomic E-state index is 11.7. The molecule has 2 aromatic rings. The fourth-order valence-electron chi connectivity index (χ4n) is 1.96. The number of aromatic nitrogens is 1. The van der Waals surface area contributed by atoms with Crippen LogP contribution >= 0.6 is 11.3 Å². The summed E-state index contributed by atoms with van der Waals surface area (Å²) < 4.78 is 15.1. The predicted molar refractivity (Wildman–Crippen MR) is 89.7 cm³/mol. The molecule has 0 N–H and O–H groups in total. The number of hydrogen-bond acceptors (Lipinski definition) is 7. The molecule has 1 aromatic heterocycles. The first-order valence-corrected chi connectivity index (χ1v) is 8.21. The normalized spacial score (nSPS) is 10.5. The van der Waals surface area contributed by atoms with Crippen molar-refractivity contribution in [2.24, 2.45) is 0 Å². The highest BCUT2D eigenvalue weighted by Crippen LogP contribution is 2.22. The van der Waals surface area contributed by atoms with E-state index in [2.05, 4.69) is 18.8 Å². The third-order valence-corrected chi connectivity index (χ3v) is 4.11. The van der Waals surface area contributed by atoms with E-state index in [0.29, 0.717) is 11.7 Å². The third-order valence-electron chi connectivity index (χ3n) is 3.27. The molecule has 1 aromatic carbocycles. The lowest BCUT2D eigenvalue weighted by molar-refractivity contribution is 0.0598. The second-order valence-electron chi connectivity index (χ2n) is 5.34. The first kappa shape index (κ1) is 17.9. The van der Waals surface area contributed by atoms with Gasteiger partial charge in [0.2, 0.25) is 0 Å². The van der Waals surface area contributed by atoms with Gasteiger partial charge >= 0.3 is 11.9 Å². The largest absolute Gasteiger partial charge is 0.486 e. The Morgan fingerprint density at radius 1 is 1.08 bits per heavy atom. The van der Waals surface area contributed by atoms with Crippen LogP contribution in [0.4, 0.5) is 0 Å². The van der Waals surface area contributed by atoms with Gasteiger partial charge in [-0.25, -0.2) is 14.6 Å². The van der Waals surface area contributed by atoms with Crippen LogP contribution in [0.5, 0.6) is 5.75 Å². The van der Waals surface area contributed by atoms with E-state index in [4.69, 9.17) is 14.2 Å². The highest BCUT2D eigenvalue weighted by atomic mass is 32.1. The van der Waals surface area contributed by atoms with Crippen LogP contribution in [0.3, 0.4) is 0 Å². The standard InChI is InChI=1S/C17H19NO5S/c1-10(2)14-9-24-15(18-14)8-23-13-6-11(16(19)21-3)5-12(7-13)17(20)22-4/h5-7,9-10H,8H2,1-4H3. The fourth-order valence-corrected chi connectivity index (χ4v) is 2.82. The number of esters is 2. The van der Waals surface area contributed by atoms with Crippen LogP contribution in [0.2, 0.25) is 0 Å². The highest BCUT2D eigenvalue weighted by molar-refractivity contribution is 7.09. The zero-order chi connectivity index (χ0) is 17.7. The van der Waals surface area contributed by atoms with E-state index in [-0.39, 0.29) is 17.7 Å². The summed E-state index contributed by atoms with van der Waals surface area (Å²) in [6.07, 6.45) is 0. The summed E-state index contributed by atoms with van der Waals surface area (Å²) in [4.78, 5) is 28.0. The summed E-state index contributed by atoms with van der Waals surface area (Å²) >= 11 is 1.51. The molecular formula is C17H19NO5S. The second-order valence-corrected chi connectivity index (χ2v) is 6.28. The average molecular weight is 349 g/mol. The number of carbonyl (C=O) groups excluding carboxylic acids is 2. The van der Waals surface area contributed by atoms with E-state index >= 15 is 0 Å². The second kappa shape index (κ2) is 7.92. The Hall–Kier alpha value is -2.41. The molecule has 0 amide bonds. The van der Waals surface area contributed by atoms with Gasteiger partial charge in [0.25, 0.3) is 0 Å². The van der Waals surface area contributed by atoms with Gasteiger partial charge in [0.05, 0.1) is 31.0 Å². The number of benzene rings is 1. The van der Waals surface area contributed by atoms with Crippen LogP contribution in [0.1, 0.15) is 51.2 Å². The van der Waals surface area contributed by atoms with E-state index in [9.17, 15) is 9.59 Å². The lowest BCUT2D eigenvalue weighted by atomic mass is 10.1. The maximum Gasteiger partial charge on any atom is 0.338 e. The zero-order valence-electron chi connectivity index (χ0n) is 14.0. The minimum atomic E-state index is -0.554. The van der Waals surface area contributed by atoms with E-state index in [1.165, 1.54) is 43.8 Å². The summed E-state index contributed by atoms with van der Waals surface area (Å²) in [6.45, 7) is 4.40. The molecule has 0 aliphatic rings. The van der Waals surface area contributed by atoms with Gasteiger partial charge in [0, 0.05) is 5.38 Å². The molecule has 0 aliphatic carbocycles. The van der Waals surface area contributed by atoms with Gasteiger partial charge in [0.1, 0.15) is 17.4 Å². The van der Waals surface area contributed by atoms with Gasteiger partial charge in [-0.1, -0.05) is 13.8 Å². The average Bonchev–Trinajstić information content (AvgIpc) is 3.07. The lowest BCUT2D eigenvalue weighted by Gasteiger charge is -2.09. The molecule has 2 rings (SSSR count). The minimum Gasteiger partial charge on any atom is -0.486 e. The molecule has 1 heterocycles. The van der Waals surface area contributed by atoms with Crippen LogP contribution < -0.4 is 4.74 Å². The SMILES string of the molecule is COC(=O)c1cc(OCc2nc(C(C)C)cs2)cc(C(=O)OC)c1. The van der Waals surface area contributed by atoms with Crippen LogP contribution in [-0.4, -0.2) is 31.1 Å². The zero-order valence-corrected chi connectivity index (χ0v) is 14.8. The third kappa shape index (κ3) is 4.32. The number of methoxy groups -OCH3 is 2. The van der Waals surface area contributed by atoms with E-state index in [0.717, 1.165) is 10.7 Å². The molecule has 0 unspecified atom stereocenters. The topological polar surface area (TPSA) is 74.7 Å². The molecule has 0 spiro atoms. The van der Waals surface area contributed by atoms with Crippen molar-refractivity contribution in [2.75, 3.05) is 14.2 Å². The lowest BCUT2D eigenvalue weighted by Crippen LogP contribution is -2.07. The quantitative estimate of drug-likeness (QED) is 0.744. The molecule has 128 valence electrons. The molecule has 0 fully saturated rings. The summed E-state index contributed by atoms with van der Waals surface area (Å²) in [5, 5.41) is 2.82.